The van der Waals surface area contributed by atoms with Crippen molar-refractivity contribution in [2.24, 2.45) is 0 Å². The normalized spacial score (nSPS) is 14.8. The van der Waals surface area contributed by atoms with Gasteiger partial charge in [0, 0.05) is 5.56 Å². The fourth-order valence-corrected chi connectivity index (χ4v) is 3.29. The third-order valence-electron chi connectivity index (χ3n) is 4.81. The van der Waals surface area contributed by atoms with E-state index in [9.17, 15) is 9.18 Å². The monoisotopic (exact) mass is 380 g/mol. The second-order valence-corrected chi connectivity index (χ2v) is 6.76. The van der Waals surface area contributed by atoms with E-state index in [0.717, 1.165) is 25.9 Å². The van der Waals surface area contributed by atoms with Crippen molar-refractivity contribution >= 4 is 11.6 Å². The van der Waals surface area contributed by atoms with Crippen LogP contribution < -0.4 is 15.8 Å². The molecule has 3 N–H and O–H groups in total. The first kappa shape index (κ1) is 18.2. The lowest BCUT2D eigenvalue weighted by atomic mass is 10.1. The first-order valence-electron chi connectivity index (χ1n) is 9.23. The molecule has 144 valence electrons. The number of ketones is 1. The molecule has 1 saturated heterocycles. The number of nitrogens with two attached hydrogens (primary N) is 1. The number of nitrogens with zero attached hydrogens (tertiary/aromatic N) is 2. The van der Waals surface area contributed by atoms with Crippen LogP contribution >= 0.6 is 0 Å². The number of nitrogens with one attached hydrogen (secondary N) is 1. The Morgan fingerprint density at radius 3 is 2.68 bits per heavy atom. The minimum absolute atomic E-state index is 0.151. The fourth-order valence-electron chi connectivity index (χ4n) is 3.29. The Hall–Kier alpha value is -3.19. The van der Waals surface area contributed by atoms with Crippen molar-refractivity contribution in [2.45, 2.75) is 18.9 Å². The van der Waals surface area contributed by atoms with Crippen LogP contribution in [-0.4, -0.2) is 34.8 Å². The summed E-state index contributed by atoms with van der Waals surface area (Å²) in [6.07, 6.45) is 3.46. The van der Waals surface area contributed by atoms with Crippen LogP contribution in [0.3, 0.4) is 0 Å². The van der Waals surface area contributed by atoms with Crippen molar-refractivity contribution in [3.63, 3.8) is 0 Å². The highest BCUT2D eigenvalue weighted by Gasteiger charge is 2.19. The van der Waals surface area contributed by atoms with E-state index >= 15 is 0 Å². The van der Waals surface area contributed by atoms with Gasteiger partial charge in [0.15, 0.2) is 5.78 Å². The number of carbonyl (C=O) groups is 1. The lowest BCUT2D eigenvalue weighted by molar-refractivity contribution is 0.103. The summed E-state index contributed by atoms with van der Waals surface area (Å²) in [5.41, 5.74) is 7.51. The van der Waals surface area contributed by atoms with Gasteiger partial charge in [-0.25, -0.2) is 9.07 Å². The second kappa shape index (κ2) is 7.82. The second-order valence-electron chi connectivity index (χ2n) is 6.76. The highest BCUT2D eigenvalue weighted by Crippen LogP contribution is 2.23. The molecule has 0 spiro atoms. The molecule has 6 nitrogen and oxygen atoms in total. The smallest absolute Gasteiger partial charge is 0.198 e. The molecule has 1 aromatic heterocycles. The molecule has 1 aliphatic heterocycles. The molecule has 0 atom stereocenters. The Balaban J connectivity index is 1.56. The molecule has 0 bridgehead atoms. The summed E-state index contributed by atoms with van der Waals surface area (Å²) in [4.78, 5) is 13.0. The van der Waals surface area contributed by atoms with Gasteiger partial charge in [0.2, 0.25) is 0 Å². The van der Waals surface area contributed by atoms with E-state index in [1.54, 1.807) is 30.3 Å². The number of benzene rings is 2. The first-order valence-corrected chi connectivity index (χ1v) is 9.23. The van der Waals surface area contributed by atoms with E-state index in [0.29, 0.717) is 22.6 Å². The van der Waals surface area contributed by atoms with Crippen LogP contribution in [0.25, 0.3) is 5.69 Å². The predicted molar refractivity (Wildman–Crippen MR) is 104 cm³/mol. The Kier molecular flexibility index (Phi) is 5.08. The Morgan fingerprint density at radius 2 is 1.93 bits per heavy atom. The van der Waals surface area contributed by atoms with Crippen LogP contribution in [0.5, 0.6) is 5.75 Å². The van der Waals surface area contributed by atoms with Gasteiger partial charge < -0.3 is 15.8 Å². The molecule has 1 fully saturated rings. The Morgan fingerprint density at radius 1 is 1.18 bits per heavy atom. The van der Waals surface area contributed by atoms with E-state index in [2.05, 4.69) is 10.4 Å². The van der Waals surface area contributed by atoms with Gasteiger partial charge in [0.25, 0.3) is 0 Å². The predicted octanol–water partition coefficient (Wildman–Crippen LogP) is 2.96. The molecule has 0 unspecified atom stereocenters. The van der Waals surface area contributed by atoms with E-state index in [1.165, 1.54) is 23.0 Å². The Labute approximate surface area is 162 Å². The average molecular weight is 380 g/mol. The number of rotatable bonds is 5. The summed E-state index contributed by atoms with van der Waals surface area (Å²) in [5.74, 6) is 0.293. The zero-order valence-electron chi connectivity index (χ0n) is 15.3. The average Bonchev–Trinajstić information content (AvgIpc) is 3.10. The fraction of sp³-hybridized carbons (Fsp3) is 0.238. The standard InChI is InChI=1S/C21H21FN4O2/c22-15-4-6-16(7-5-15)26-21(23)19(13-25-26)20(27)14-2-1-3-18(12-14)28-17-8-10-24-11-9-17/h1-7,12-13,17,24H,8-11,23H2. The SMILES string of the molecule is Nc1c(C(=O)c2cccc(OC3CCNCC3)c2)cnn1-c1ccc(F)cc1. The lowest BCUT2D eigenvalue weighted by Gasteiger charge is -2.24. The number of hydrogen-bond donors (Lipinski definition) is 2. The zero-order chi connectivity index (χ0) is 19.5. The number of anilines is 1. The molecule has 28 heavy (non-hydrogen) atoms. The largest absolute Gasteiger partial charge is 0.490 e. The summed E-state index contributed by atoms with van der Waals surface area (Å²) in [6, 6.07) is 12.9. The maximum atomic E-state index is 13.1. The maximum absolute atomic E-state index is 13.1. The number of carbonyl (C=O) groups excluding carboxylic acids is 1. The van der Waals surface area contributed by atoms with E-state index in [1.807, 2.05) is 6.07 Å². The number of aromatic nitrogens is 2. The van der Waals surface area contributed by atoms with Crippen LogP contribution in [0.4, 0.5) is 10.2 Å². The number of halogens is 1. The van der Waals surface area contributed by atoms with Gasteiger partial charge in [-0.05, 0) is 62.3 Å². The van der Waals surface area contributed by atoms with Gasteiger partial charge in [-0.15, -0.1) is 0 Å². The van der Waals surface area contributed by atoms with E-state index in [-0.39, 0.29) is 23.5 Å². The summed E-state index contributed by atoms with van der Waals surface area (Å²) >= 11 is 0. The van der Waals surface area contributed by atoms with Crippen molar-refractivity contribution < 1.29 is 13.9 Å². The van der Waals surface area contributed by atoms with Crippen molar-refractivity contribution in [3.05, 3.63) is 71.7 Å². The third-order valence-corrected chi connectivity index (χ3v) is 4.81. The quantitative estimate of drug-likeness (QED) is 0.665. The summed E-state index contributed by atoms with van der Waals surface area (Å²) in [5, 5.41) is 7.49. The number of nitrogen functional groups attached to an aromatic ring is 1. The van der Waals surface area contributed by atoms with Gasteiger partial charge in [-0.2, -0.15) is 5.10 Å². The van der Waals surface area contributed by atoms with Gasteiger partial charge in [-0.3, -0.25) is 4.79 Å². The number of hydrogen-bond acceptors (Lipinski definition) is 5. The van der Waals surface area contributed by atoms with Gasteiger partial charge in [0.05, 0.1) is 17.4 Å². The topological polar surface area (TPSA) is 82.2 Å². The highest BCUT2D eigenvalue weighted by molar-refractivity contribution is 6.11. The number of piperidine rings is 1. The van der Waals surface area contributed by atoms with Crippen LogP contribution in [0.1, 0.15) is 28.8 Å². The van der Waals surface area contributed by atoms with Crippen molar-refractivity contribution in [1.29, 1.82) is 0 Å². The van der Waals surface area contributed by atoms with Crippen LogP contribution in [0.2, 0.25) is 0 Å². The summed E-state index contributed by atoms with van der Waals surface area (Å²) in [6.45, 7) is 1.87. The minimum Gasteiger partial charge on any atom is -0.490 e. The highest BCUT2D eigenvalue weighted by atomic mass is 19.1. The molecule has 0 amide bonds. The molecule has 0 saturated carbocycles. The van der Waals surface area contributed by atoms with Crippen molar-refractivity contribution in [2.75, 3.05) is 18.8 Å². The van der Waals surface area contributed by atoms with Gasteiger partial charge in [-0.1, -0.05) is 12.1 Å². The summed E-state index contributed by atoms with van der Waals surface area (Å²) < 4.78 is 20.6. The zero-order valence-corrected chi connectivity index (χ0v) is 15.3. The molecule has 0 aliphatic carbocycles. The molecule has 7 heteroatoms. The lowest BCUT2D eigenvalue weighted by Crippen LogP contribution is -2.34. The molecule has 0 radical (unpaired) electrons. The molecule has 4 rings (SSSR count). The maximum Gasteiger partial charge on any atom is 0.198 e. The molecule has 2 heterocycles. The third kappa shape index (κ3) is 3.75. The van der Waals surface area contributed by atoms with Gasteiger partial charge >= 0.3 is 0 Å². The first-order chi connectivity index (χ1) is 13.6. The van der Waals surface area contributed by atoms with E-state index in [4.69, 9.17) is 10.5 Å². The van der Waals surface area contributed by atoms with Crippen molar-refractivity contribution in [3.8, 4) is 11.4 Å². The Bertz CT molecular complexity index is 978. The number of ether oxygens (including phenoxy) is 1. The van der Waals surface area contributed by atoms with Crippen molar-refractivity contribution in [1.82, 2.24) is 15.1 Å². The molecule has 1 aliphatic rings. The van der Waals surface area contributed by atoms with Crippen LogP contribution in [0, 0.1) is 5.82 Å². The van der Waals surface area contributed by atoms with E-state index < -0.39 is 0 Å². The molecule has 2 aromatic carbocycles. The van der Waals surface area contributed by atoms with Gasteiger partial charge in [0.1, 0.15) is 23.5 Å². The van der Waals surface area contributed by atoms with Crippen LogP contribution in [0.15, 0.2) is 54.7 Å². The minimum atomic E-state index is -0.351. The summed E-state index contributed by atoms with van der Waals surface area (Å²) in [7, 11) is 0. The molecule has 3 aromatic rings. The van der Waals surface area contributed by atoms with Crippen LogP contribution in [-0.2, 0) is 0 Å². The molecular formula is C21H21FN4O2. The molecular weight excluding hydrogens is 359 g/mol.